The van der Waals surface area contributed by atoms with Gasteiger partial charge in [0.2, 0.25) is 5.91 Å². The average Bonchev–Trinajstić information content (AvgIpc) is 3.41. The maximum absolute atomic E-state index is 13.6. The Morgan fingerprint density at radius 3 is 2.28 bits per heavy atom. The second kappa shape index (κ2) is 10.6. The fourth-order valence-electron chi connectivity index (χ4n) is 4.18. The van der Waals surface area contributed by atoms with E-state index in [0.29, 0.717) is 13.1 Å². The molecule has 0 unspecified atom stereocenters. The zero-order chi connectivity index (χ0) is 23.3. The lowest BCUT2D eigenvalue weighted by Crippen LogP contribution is -2.40. The van der Waals surface area contributed by atoms with Gasteiger partial charge in [-0.05, 0) is 30.5 Å². The van der Waals surface area contributed by atoms with Gasteiger partial charge in [0.25, 0.3) is 10.0 Å². The molecule has 0 N–H and O–H groups in total. The second-order valence-corrected chi connectivity index (χ2v) is 10.4. The van der Waals surface area contributed by atoms with Gasteiger partial charge in [-0.25, -0.2) is 17.8 Å². The predicted molar refractivity (Wildman–Crippen MR) is 121 cm³/mol. The van der Waals surface area contributed by atoms with Crippen LogP contribution in [0.5, 0.6) is 0 Å². The molecule has 32 heavy (non-hydrogen) atoms. The fourth-order valence-corrected chi connectivity index (χ4v) is 5.64. The van der Waals surface area contributed by atoms with E-state index in [0.717, 1.165) is 31.2 Å². The topological polar surface area (TPSA) is 75.5 Å². The summed E-state index contributed by atoms with van der Waals surface area (Å²) in [6.07, 6.45) is 6.66. The number of hydrogen-bond donors (Lipinski definition) is 0. The average molecular weight is 465 g/mol. The third kappa shape index (κ3) is 5.38. The molecule has 2 atom stereocenters. The molecule has 2 heterocycles. The smallest absolute Gasteiger partial charge is 0.262 e. The number of carbonyl (C=O) groups excluding carboxylic acids is 1. The van der Waals surface area contributed by atoms with Gasteiger partial charge in [0, 0.05) is 45.3 Å². The molecule has 1 fully saturated rings. The number of sulfonamides is 1. The number of nitrogens with zero attached hydrogens (tertiary/aromatic N) is 4. The van der Waals surface area contributed by atoms with Crippen LogP contribution in [0.2, 0.25) is 0 Å². The van der Waals surface area contributed by atoms with Crippen LogP contribution >= 0.6 is 0 Å². The van der Waals surface area contributed by atoms with E-state index >= 15 is 0 Å². The highest BCUT2D eigenvalue weighted by molar-refractivity contribution is 7.89. The molecular formula is C23H33FN4O3S. The minimum atomic E-state index is -3.84. The first-order valence-corrected chi connectivity index (χ1v) is 12.7. The Hall–Kier alpha value is -2.26. The van der Waals surface area contributed by atoms with Gasteiger partial charge in [-0.15, -0.1) is 0 Å². The third-order valence-corrected chi connectivity index (χ3v) is 7.78. The lowest BCUT2D eigenvalue weighted by molar-refractivity contribution is -0.135. The quantitative estimate of drug-likeness (QED) is 0.540. The van der Waals surface area contributed by atoms with E-state index in [1.165, 1.54) is 29.0 Å². The van der Waals surface area contributed by atoms with E-state index in [2.05, 4.69) is 18.8 Å². The molecule has 7 nitrogen and oxygen atoms in total. The molecule has 0 saturated carbocycles. The summed E-state index contributed by atoms with van der Waals surface area (Å²) in [6, 6.07) is 6.02. The summed E-state index contributed by atoms with van der Waals surface area (Å²) in [7, 11) is -2.13. The molecule has 1 saturated heterocycles. The molecule has 0 radical (unpaired) electrons. The molecule has 0 aliphatic carbocycles. The summed E-state index contributed by atoms with van der Waals surface area (Å²) in [6.45, 7) is 5.75. The molecule has 1 amide bonds. The van der Waals surface area contributed by atoms with Crippen LogP contribution in [0.25, 0.3) is 0 Å². The number of aromatic nitrogens is 2. The molecule has 0 spiro atoms. The van der Waals surface area contributed by atoms with Gasteiger partial charge in [-0.1, -0.05) is 38.8 Å². The Morgan fingerprint density at radius 2 is 1.75 bits per heavy atom. The van der Waals surface area contributed by atoms with Gasteiger partial charge in [-0.2, -0.15) is 4.31 Å². The Kier molecular flexibility index (Phi) is 8.05. The predicted octanol–water partition coefficient (Wildman–Crippen LogP) is 3.39. The number of rotatable bonds is 10. The van der Waals surface area contributed by atoms with Gasteiger partial charge in [0.15, 0.2) is 5.03 Å². The van der Waals surface area contributed by atoms with Crippen molar-refractivity contribution in [3.63, 3.8) is 0 Å². The third-order valence-electron chi connectivity index (χ3n) is 6.06. The van der Waals surface area contributed by atoms with Gasteiger partial charge in [-0.3, -0.25) is 4.79 Å². The van der Waals surface area contributed by atoms with Crippen LogP contribution in [-0.2, 0) is 21.9 Å². The molecule has 0 bridgehead atoms. The molecule has 1 aliphatic heterocycles. The number of unbranched alkanes of at least 4 members (excludes halogenated alkanes) is 2. The molecular weight excluding hydrogens is 431 g/mol. The summed E-state index contributed by atoms with van der Waals surface area (Å²) >= 11 is 0. The van der Waals surface area contributed by atoms with Crippen LogP contribution in [0.4, 0.5) is 4.39 Å². The largest absolute Gasteiger partial charge is 0.342 e. The molecule has 9 heteroatoms. The monoisotopic (exact) mass is 464 g/mol. The number of amides is 1. The van der Waals surface area contributed by atoms with Crippen molar-refractivity contribution in [3.05, 3.63) is 48.2 Å². The number of carbonyl (C=O) groups is 1. The first-order chi connectivity index (χ1) is 15.3. The van der Waals surface area contributed by atoms with Crippen LogP contribution in [0.15, 0.2) is 41.8 Å². The summed E-state index contributed by atoms with van der Waals surface area (Å²) in [5, 5.41) is -0.0280. The van der Waals surface area contributed by atoms with Crippen LogP contribution in [0, 0.1) is 11.7 Å². The van der Waals surface area contributed by atoms with E-state index in [4.69, 9.17) is 0 Å². The van der Waals surface area contributed by atoms with E-state index in [-0.39, 0.29) is 35.8 Å². The first kappa shape index (κ1) is 24.4. The van der Waals surface area contributed by atoms with Gasteiger partial charge < -0.3 is 9.47 Å². The maximum Gasteiger partial charge on any atom is 0.262 e. The van der Waals surface area contributed by atoms with Crippen molar-refractivity contribution >= 4 is 15.9 Å². The van der Waals surface area contributed by atoms with Crippen LogP contribution in [0.3, 0.4) is 0 Å². The number of halogens is 1. The van der Waals surface area contributed by atoms with E-state index in [1.807, 2.05) is 4.90 Å². The van der Waals surface area contributed by atoms with Gasteiger partial charge in [0.1, 0.15) is 5.82 Å². The summed E-state index contributed by atoms with van der Waals surface area (Å²) in [4.78, 5) is 19.5. The van der Waals surface area contributed by atoms with E-state index in [1.54, 1.807) is 23.7 Å². The highest BCUT2D eigenvalue weighted by Crippen LogP contribution is 2.37. The molecule has 176 valence electrons. The van der Waals surface area contributed by atoms with Gasteiger partial charge >= 0.3 is 0 Å². The zero-order valence-corrected chi connectivity index (χ0v) is 19.9. The van der Waals surface area contributed by atoms with Crippen molar-refractivity contribution in [3.8, 4) is 0 Å². The van der Waals surface area contributed by atoms with E-state index in [9.17, 15) is 17.6 Å². The Bertz CT molecular complexity index is 999. The van der Waals surface area contributed by atoms with Crippen molar-refractivity contribution in [1.29, 1.82) is 0 Å². The van der Waals surface area contributed by atoms with Crippen molar-refractivity contribution in [2.24, 2.45) is 13.0 Å². The molecule has 3 rings (SSSR count). The van der Waals surface area contributed by atoms with Crippen LogP contribution < -0.4 is 0 Å². The fraction of sp³-hybridized carbons (Fsp3) is 0.565. The van der Waals surface area contributed by atoms with Crippen molar-refractivity contribution in [2.45, 2.75) is 50.5 Å². The normalized spacial score (nSPS) is 19.4. The van der Waals surface area contributed by atoms with Crippen molar-refractivity contribution in [2.75, 3.05) is 26.2 Å². The first-order valence-electron chi connectivity index (χ1n) is 11.3. The molecule has 1 aliphatic rings. The highest BCUT2D eigenvalue weighted by atomic mass is 32.2. The standard InChI is InChI=1S/C23H33FN4O3S/c1-4-6-12-27(13-7-5-2)23(29)21-15-28(32(30,31)22-16-26(3)17-25-22)14-20(21)18-8-10-19(24)11-9-18/h8-11,16-17,20-21H,4-7,12-15H2,1-3H3/t20-,21+/m1/s1. The summed E-state index contributed by atoms with van der Waals surface area (Å²) < 4.78 is 42.9. The lowest BCUT2D eigenvalue weighted by Gasteiger charge is -2.28. The number of aryl methyl sites for hydroxylation is 1. The number of benzene rings is 1. The summed E-state index contributed by atoms with van der Waals surface area (Å²) in [5.74, 6) is -1.25. The number of hydrogen-bond acceptors (Lipinski definition) is 4. The van der Waals surface area contributed by atoms with Gasteiger partial charge in [0.05, 0.1) is 12.2 Å². The molecule has 2 aromatic rings. The Labute approximate surface area is 190 Å². The maximum atomic E-state index is 13.6. The SMILES string of the molecule is CCCCN(CCCC)C(=O)[C@H]1CN(S(=O)(=O)c2cn(C)cn2)C[C@@H]1c1ccc(F)cc1. The molecule has 1 aromatic carbocycles. The second-order valence-electron chi connectivity index (χ2n) is 8.50. The van der Waals surface area contributed by atoms with Crippen molar-refractivity contribution in [1.82, 2.24) is 18.8 Å². The minimum Gasteiger partial charge on any atom is -0.342 e. The Morgan fingerprint density at radius 1 is 1.12 bits per heavy atom. The molecule has 1 aromatic heterocycles. The lowest BCUT2D eigenvalue weighted by atomic mass is 9.88. The van der Waals surface area contributed by atoms with Crippen LogP contribution in [-0.4, -0.2) is 59.3 Å². The summed E-state index contributed by atoms with van der Waals surface area (Å²) in [5.41, 5.74) is 0.773. The van der Waals surface area contributed by atoms with Crippen LogP contribution in [0.1, 0.15) is 51.0 Å². The highest BCUT2D eigenvalue weighted by Gasteiger charge is 2.45. The minimum absolute atomic E-state index is 0.0278. The Balaban J connectivity index is 1.92. The zero-order valence-electron chi connectivity index (χ0n) is 19.1. The number of imidazole rings is 1. The van der Waals surface area contributed by atoms with E-state index < -0.39 is 15.9 Å². The van der Waals surface area contributed by atoms with Crippen molar-refractivity contribution < 1.29 is 17.6 Å².